The summed E-state index contributed by atoms with van der Waals surface area (Å²) in [5.41, 5.74) is 4.20. The van der Waals surface area contributed by atoms with Gasteiger partial charge in [-0.15, -0.1) is 23.7 Å². The Balaban J connectivity index is 0.00000133. The van der Waals surface area contributed by atoms with Crippen molar-refractivity contribution in [3.05, 3.63) is 51.2 Å². The van der Waals surface area contributed by atoms with Crippen LogP contribution >= 0.6 is 23.7 Å². The average molecular weight is 295 g/mol. The van der Waals surface area contributed by atoms with Crippen LogP contribution in [0.2, 0.25) is 0 Å². The molecule has 0 radical (unpaired) electrons. The van der Waals surface area contributed by atoms with Crippen LogP contribution in [-0.4, -0.2) is 6.54 Å². The second-order valence-electron chi connectivity index (χ2n) is 4.74. The molecule has 0 aliphatic carbocycles. The summed E-state index contributed by atoms with van der Waals surface area (Å²) in [6, 6.07) is 11.0. The first-order valence-corrected chi connectivity index (χ1v) is 7.25. The Kier molecular flexibility index (Phi) is 4.86. The summed E-state index contributed by atoms with van der Waals surface area (Å²) in [6.07, 6.45) is 1.16. The molecule has 19 heavy (non-hydrogen) atoms. The molecule has 3 rings (SSSR count). The van der Waals surface area contributed by atoms with Crippen molar-refractivity contribution in [1.29, 1.82) is 0 Å². The van der Waals surface area contributed by atoms with Gasteiger partial charge in [-0.1, -0.05) is 18.2 Å². The minimum Gasteiger partial charge on any atom is -0.384 e. The summed E-state index contributed by atoms with van der Waals surface area (Å²) >= 11 is 1.87. The molecule has 2 heterocycles. The van der Waals surface area contributed by atoms with Crippen LogP contribution in [0.25, 0.3) is 0 Å². The van der Waals surface area contributed by atoms with Crippen molar-refractivity contribution in [2.24, 2.45) is 0 Å². The Morgan fingerprint density at radius 3 is 2.89 bits per heavy atom. The number of hydrogen-bond acceptors (Lipinski definition) is 3. The minimum absolute atomic E-state index is 0. The van der Waals surface area contributed by atoms with E-state index in [9.17, 15) is 0 Å². The van der Waals surface area contributed by atoms with Crippen LogP contribution < -0.4 is 10.6 Å². The molecule has 2 aromatic rings. The van der Waals surface area contributed by atoms with Crippen molar-refractivity contribution < 1.29 is 0 Å². The van der Waals surface area contributed by atoms with Gasteiger partial charge in [-0.25, -0.2) is 0 Å². The molecule has 0 atom stereocenters. The summed E-state index contributed by atoms with van der Waals surface area (Å²) in [7, 11) is 0. The monoisotopic (exact) mass is 294 g/mol. The molecule has 1 aliphatic rings. The highest BCUT2D eigenvalue weighted by Crippen LogP contribution is 2.26. The Bertz CT molecular complexity index is 551. The maximum Gasteiger partial charge on any atom is 0.0419 e. The topological polar surface area (TPSA) is 24.1 Å². The van der Waals surface area contributed by atoms with E-state index in [4.69, 9.17) is 0 Å². The molecule has 0 unspecified atom stereocenters. The number of nitrogens with one attached hydrogen (secondary N) is 2. The largest absolute Gasteiger partial charge is 0.384 e. The van der Waals surface area contributed by atoms with E-state index >= 15 is 0 Å². The lowest BCUT2D eigenvalue weighted by Gasteiger charge is -2.09. The van der Waals surface area contributed by atoms with E-state index in [0.717, 1.165) is 26.1 Å². The van der Waals surface area contributed by atoms with Crippen molar-refractivity contribution in [2.75, 3.05) is 11.9 Å². The fraction of sp³-hybridized carbons (Fsp3) is 0.333. The van der Waals surface area contributed by atoms with E-state index in [2.05, 4.69) is 47.9 Å². The molecule has 1 aromatic carbocycles. The lowest BCUT2D eigenvalue weighted by Crippen LogP contribution is -2.12. The molecule has 0 saturated carbocycles. The zero-order valence-corrected chi connectivity index (χ0v) is 12.7. The summed E-state index contributed by atoms with van der Waals surface area (Å²) in [6.45, 7) is 5.13. The second kappa shape index (κ2) is 6.42. The molecule has 0 fully saturated rings. The summed E-state index contributed by atoms with van der Waals surface area (Å²) in [4.78, 5) is 2.79. The summed E-state index contributed by atoms with van der Waals surface area (Å²) in [5, 5.41) is 7.02. The highest BCUT2D eigenvalue weighted by atomic mass is 35.5. The standard InChI is InChI=1S/C15H18N2S.ClH/c1-11-5-6-14(18-11)10-16-9-13-4-2-3-12-7-8-17-15(12)13;/h2-6,16-17H,7-10H2,1H3;1H. The predicted molar refractivity (Wildman–Crippen MR) is 85.5 cm³/mol. The third-order valence-corrected chi connectivity index (χ3v) is 4.34. The molecular formula is C15H19ClN2S. The number of benzene rings is 1. The van der Waals surface area contributed by atoms with Crippen molar-refractivity contribution >= 4 is 29.4 Å². The normalized spacial score (nSPS) is 12.7. The molecule has 2 nitrogen and oxygen atoms in total. The van der Waals surface area contributed by atoms with E-state index < -0.39 is 0 Å². The van der Waals surface area contributed by atoms with Crippen LogP contribution in [0.5, 0.6) is 0 Å². The van der Waals surface area contributed by atoms with Crippen LogP contribution in [-0.2, 0) is 19.5 Å². The lowest BCUT2D eigenvalue weighted by atomic mass is 10.1. The Morgan fingerprint density at radius 2 is 2.11 bits per heavy atom. The van der Waals surface area contributed by atoms with Gasteiger partial charge >= 0.3 is 0 Å². The van der Waals surface area contributed by atoms with Gasteiger partial charge in [-0.05, 0) is 36.6 Å². The van der Waals surface area contributed by atoms with E-state index in [0.29, 0.717) is 0 Å². The van der Waals surface area contributed by atoms with Gasteiger partial charge in [0.2, 0.25) is 0 Å². The maximum atomic E-state index is 3.53. The molecular weight excluding hydrogens is 276 g/mol. The van der Waals surface area contributed by atoms with Gasteiger partial charge in [0.1, 0.15) is 0 Å². The average Bonchev–Trinajstić information content (AvgIpc) is 2.98. The molecule has 4 heteroatoms. The zero-order chi connectivity index (χ0) is 12.4. The smallest absolute Gasteiger partial charge is 0.0419 e. The van der Waals surface area contributed by atoms with Gasteiger partial charge in [0.05, 0.1) is 0 Å². The SMILES string of the molecule is Cc1ccc(CNCc2cccc3c2NCC3)s1.Cl. The van der Waals surface area contributed by atoms with E-state index in [1.807, 2.05) is 11.3 Å². The van der Waals surface area contributed by atoms with Crippen molar-refractivity contribution in [3.8, 4) is 0 Å². The van der Waals surface area contributed by atoms with E-state index in [-0.39, 0.29) is 12.4 Å². The van der Waals surface area contributed by atoms with Gasteiger partial charge in [-0.3, -0.25) is 0 Å². The first kappa shape index (κ1) is 14.4. The third kappa shape index (κ3) is 3.30. The highest BCUT2D eigenvalue weighted by molar-refractivity contribution is 7.11. The number of halogens is 1. The third-order valence-electron chi connectivity index (χ3n) is 3.34. The molecule has 1 aromatic heterocycles. The first-order chi connectivity index (χ1) is 8.83. The fourth-order valence-corrected chi connectivity index (χ4v) is 3.32. The summed E-state index contributed by atoms with van der Waals surface area (Å²) in [5.74, 6) is 0. The lowest BCUT2D eigenvalue weighted by molar-refractivity contribution is 0.702. The quantitative estimate of drug-likeness (QED) is 0.898. The van der Waals surface area contributed by atoms with Crippen molar-refractivity contribution in [1.82, 2.24) is 5.32 Å². The number of anilines is 1. The number of thiophene rings is 1. The molecule has 2 N–H and O–H groups in total. The Morgan fingerprint density at radius 1 is 1.21 bits per heavy atom. The molecule has 102 valence electrons. The number of aryl methyl sites for hydroxylation is 1. The van der Waals surface area contributed by atoms with Crippen LogP contribution in [0.3, 0.4) is 0 Å². The van der Waals surface area contributed by atoms with Gasteiger partial charge in [0, 0.05) is 35.1 Å². The minimum atomic E-state index is 0. The van der Waals surface area contributed by atoms with Crippen LogP contribution in [0.15, 0.2) is 30.3 Å². The fourth-order valence-electron chi connectivity index (χ4n) is 2.46. The number of hydrogen-bond donors (Lipinski definition) is 2. The van der Waals surface area contributed by atoms with Crippen molar-refractivity contribution in [2.45, 2.75) is 26.4 Å². The van der Waals surface area contributed by atoms with Crippen LogP contribution in [0, 0.1) is 6.92 Å². The van der Waals surface area contributed by atoms with Crippen LogP contribution in [0.1, 0.15) is 20.9 Å². The van der Waals surface area contributed by atoms with E-state index in [1.165, 1.54) is 26.6 Å². The molecule has 1 aliphatic heterocycles. The van der Waals surface area contributed by atoms with Gasteiger partial charge in [-0.2, -0.15) is 0 Å². The van der Waals surface area contributed by atoms with Gasteiger partial charge < -0.3 is 10.6 Å². The molecule has 0 spiro atoms. The predicted octanol–water partition coefficient (Wildman–Crippen LogP) is 3.74. The molecule has 0 bridgehead atoms. The van der Waals surface area contributed by atoms with Crippen LogP contribution in [0.4, 0.5) is 5.69 Å². The zero-order valence-electron chi connectivity index (χ0n) is 11.0. The van der Waals surface area contributed by atoms with Gasteiger partial charge in [0.15, 0.2) is 0 Å². The summed E-state index contributed by atoms with van der Waals surface area (Å²) < 4.78 is 0. The maximum absolute atomic E-state index is 3.53. The number of para-hydroxylation sites is 1. The van der Waals surface area contributed by atoms with Gasteiger partial charge in [0.25, 0.3) is 0 Å². The Labute approximate surface area is 124 Å². The highest BCUT2D eigenvalue weighted by Gasteiger charge is 2.12. The second-order valence-corrected chi connectivity index (χ2v) is 6.12. The van der Waals surface area contributed by atoms with E-state index in [1.54, 1.807) is 0 Å². The first-order valence-electron chi connectivity index (χ1n) is 6.43. The van der Waals surface area contributed by atoms with Crippen molar-refractivity contribution in [3.63, 3.8) is 0 Å². The Hall–Kier alpha value is -1.03. The number of rotatable bonds is 4. The molecule has 0 saturated heterocycles. The number of fused-ring (bicyclic) bond motifs is 1. The molecule has 0 amide bonds.